The molecule has 0 fully saturated rings. The topological polar surface area (TPSA) is 48.1 Å². The van der Waals surface area contributed by atoms with E-state index in [4.69, 9.17) is 10.5 Å². The number of aryl methyl sites for hydroxylation is 1. The van der Waals surface area contributed by atoms with Gasteiger partial charge in [-0.15, -0.1) is 11.3 Å². The monoisotopic (exact) mass is 220 g/mol. The quantitative estimate of drug-likeness (QED) is 0.846. The van der Waals surface area contributed by atoms with E-state index < -0.39 is 0 Å². The molecular formula is C11H12N2OS. The number of anilines is 1. The van der Waals surface area contributed by atoms with Crippen LogP contribution in [0.25, 0.3) is 10.6 Å². The maximum Gasteiger partial charge on any atom is 0.135 e. The second-order valence-corrected chi connectivity index (χ2v) is 4.12. The highest BCUT2D eigenvalue weighted by Gasteiger charge is 2.05. The normalized spacial score (nSPS) is 10.3. The predicted molar refractivity (Wildman–Crippen MR) is 63.3 cm³/mol. The van der Waals surface area contributed by atoms with Crippen molar-refractivity contribution in [3.8, 4) is 16.3 Å². The summed E-state index contributed by atoms with van der Waals surface area (Å²) in [6.07, 6.45) is 0. The zero-order valence-corrected chi connectivity index (χ0v) is 9.47. The Balaban J connectivity index is 2.45. The lowest BCUT2D eigenvalue weighted by atomic mass is 10.1. The zero-order chi connectivity index (χ0) is 10.8. The molecule has 1 aromatic carbocycles. The molecule has 0 radical (unpaired) electrons. The van der Waals surface area contributed by atoms with Crippen LogP contribution < -0.4 is 10.5 Å². The number of hydrogen-bond donors (Lipinski definition) is 1. The van der Waals surface area contributed by atoms with Crippen LogP contribution in [0.4, 0.5) is 5.82 Å². The van der Waals surface area contributed by atoms with Gasteiger partial charge >= 0.3 is 0 Å². The highest BCUT2D eigenvalue weighted by atomic mass is 32.1. The van der Waals surface area contributed by atoms with Gasteiger partial charge in [0.25, 0.3) is 0 Å². The van der Waals surface area contributed by atoms with Gasteiger partial charge in [-0.3, -0.25) is 0 Å². The Hall–Kier alpha value is -1.55. The molecule has 15 heavy (non-hydrogen) atoms. The Morgan fingerprint density at radius 1 is 1.40 bits per heavy atom. The predicted octanol–water partition coefficient (Wildman–Crippen LogP) is 2.71. The average molecular weight is 220 g/mol. The van der Waals surface area contributed by atoms with Crippen molar-refractivity contribution in [2.75, 3.05) is 12.8 Å². The molecule has 0 aliphatic rings. The van der Waals surface area contributed by atoms with Gasteiger partial charge in [0.05, 0.1) is 7.11 Å². The average Bonchev–Trinajstić information content (AvgIpc) is 2.66. The number of benzene rings is 1. The lowest BCUT2D eigenvalue weighted by Gasteiger charge is -2.05. The van der Waals surface area contributed by atoms with E-state index in [1.54, 1.807) is 7.11 Å². The van der Waals surface area contributed by atoms with Crippen molar-refractivity contribution < 1.29 is 4.74 Å². The van der Waals surface area contributed by atoms with Gasteiger partial charge in [0.1, 0.15) is 16.6 Å². The van der Waals surface area contributed by atoms with Crippen LogP contribution in [0.2, 0.25) is 0 Å². The fraction of sp³-hybridized carbons (Fsp3) is 0.182. The van der Waals surface area contributed by atoms with E-state index in [1.165, 1.54) is 11.3 Å². The molecule has 0 unspecified atom stereocenters. The Morgan fingerprint density at radius 2 is 2.20 bits per heavy atom. The molecule has 0 bridgehead atoms. The van der Waals surface area contributed by atoms with E-state index in [1.807, 2.05) is 30.5 Å². The first kappa shape index (κ1) is 9.98. The molecule has 4 heteroatoms. The van der Waals surface area contributed by atoms with Crippen molar-refractivity contribution in [1.82, 2.24) is 4.98 Å². The van der Waals surface area contributed by atoms with Crippen molar-refractivity contribution in [3.05, 3.63) is 29.1 Å². The number of nitrogen functional groups attached to an aromatic ring is 1. The summed E-state index contributed by atoms with van der Waals surface area (Å²) in [6.45, 7) is 2.01. The molecule has 0 amide bonds. The minimum absolute atomic E-state index is 0.564. The summed E-state index contributed by atoms with van der Waals surface area (Å²) in [5.74, 6) is 1.44. The van der Waals surface area contributed by atoms with Crippen LogP contribution >= 0.6 is 11.3 Å². The molecule has 0 aliphatic heterocycles. The smallest absolute Gasteiger partial charge is 0.135 e. The van der Waals surface area contributed by atoms with Crippen LogP contribution in [0.5, 0.6) is 5.75 Å². The lowest BCUT2D eigenvalue weighted by Crippen LogP contribution is -1.88. The van der Waals surface area contributed by atoms with Crippen molar-refractivity contribution in [2.45, 2.75) is 6.92 Å². The van der Waals surface area contributed by atoms with Gasteiger partial charge < -0.3 is 10.5 Å². The van der Waals surface area contributed by atoms with Crippen molar-refractivity contribution in [2.24, 2.45) is 0 Å². The third-order valence-electron chi connectivity index (χ3n) is 2.18. The van der Waals surface area contributed by atoms with Gasteiger partial charge in [-0.05, 0) is 18.6 Å². The fourth-order valence-corrected chi connectivity index (χ4v) is 2.08. The highest BCUT2D eigenvalue weighted by molar-refractivity contribution is 7.13. The van der Waals surface area contributed by atoms with Crippen LogP contribution in [0.1, 0.15) is 5.56 Å². The molecule has 0 aliphatic carbocycles. The van der Waals surface area contributed by atoms with E-state index in [-0.39, 0.29) is 0 Å². The molecule has 0 saturated heterocycles. The minimum atomic E-state index is 0.564. The van der Waals surface area contributed by atoms with Crippen LogP contribution in [0.15, 0.2) is 23.6 Å². The van der Waals surface area contributed by atoms with Crippen molar-refractivity contribution in [1.29, 1.82) is 0 Å². The Kier molecular flexibility index (Phi) is 2.60. The number of ether oxygens (including phenoxy) is 1. The highest BCUT2D eigenvalue weighted by Crippen LogP contribution is 2.29. The number of hydrogen-bond acceptors (Lipinski definition) is 4. The number of rotatable bonds is 2. The second-order valence-electron chi connectivity index (χ2n) is 3.26. The largest absolute Gasteiger partial charge is 0.496 e. The maximum absolute atomic E-state index is 5.58. The summed E-state index contributed by atoms with van der Waals surface area (Å²) in [6, 6.07) is 6.02. The number of methoxy groups -OCH3 is 1. The molecule has 2 aromatic rings. The third-order valence-corrected chi connectivity index (χ3v) is 3.09. The van der Waals surface area contributed by atoms with E-state index in [9.17, 15) is 0 Å². The standard InChI is InChI=1S/C11H12N2OS/c1-7-3-4-8(5-9(7)14-2)11-13-10(12)6-15-11/h3-6H,12H2,1-2H3. The lowest BCUT2D eigenvalue weighted by molar-refractivity contribution is 0.412. The molecule has 3 nitrogen and oxygen atoms in total. The molecule has 1 heterocycles. The zero-order valence-electron chi connectivity index (χ0n) is 8.65. The fourth-order valence-electron chi connectivity index (χ4n) is 1.37. The van der Waals surface area contributed by atoms with Crippen LogP contribution in [-0.4, -0.2) is 12.1 Å². The first-order valence-corrected chi connectivity index (χ1v) is 5.44. The first-order valence-electron chi connectivity index (χ1n) is 4.56. The molecule has 2 rings (SSSR count). The van der Waals surface area contributed by atoms with Gasteiger partial charge in [0, 0.05) is 10.9 Å². The van der Waals surface area contributed by atoms with Crippen LogP contribution in [0, 0.1) is 6.92 Å². The summed E-state index contributed by atoms with van der Waals surface area (Å²) in [4.78, 5) is 4.23. The summed E-state index contributed by atoms with van der Waals surface area (Å²) < 4.78 is 5.26. The van der Waals surface area contributed by atoms with Gasteiger partial charge in [-0.2, -0.15) is 0 Å². The van der Waals surface area contributed by atoms with E-state index in [0.29, 0.717) is 5.82 Å². The Morgan fingerprint density at radius 3 is 2.80 bits per heavy atom. The van der Waals surface area contributed by atoms with Crippen LogP contribution in [-0.2, 0) is 0 Å². The number of nitrogens with two attached hydrogens (primary N) is 1. The van der Waals surface area contributed by atoms with Crippen molar-refractivity contribution in [3.63, 3.8) is 0 Å². The number of aromatic nitrogens is 1. The van der Waals surface area contributed by atoms with Gasteiger partial charge in [-0.25, -0.2) is 4.98 Å². The van der Waals surface area contributed by atoms with Crippen molar-refractivity contribution >= 4 is 17.2 Å². The summed E-state index contributed by atoms with van der Waals surface area (Å²) in [5.41, 5.74) is 7.74. The number of thiazole rings is 1. The van der Waals surface area contributed by atoms with E-state index in [0.717, 1.165) is 21.9 Å². The third kappa shape index (κ3) is 1.94. The Bertz CT molecular complexity index is 479. The maximum atomic E-state index is 5.58. The van der Waals surface area contributed by atoms with Crippen LogP contribution in [0.3, 0.4) is 0 Å². The molecular weight excluding hydrogens is 208 g/mol. The SMILES string of the molecule is COc1cc(-c2nc(N)cs2)ccc1C. The number of nitrogens with zero attached hydrogens (tertiary/aromatic N) is 1. The molecule has 2 N–H and O–H groups in total. The van der Waals surface area contributed by atoms with Gasteiger partial charge in [-0.1, -0.05) is 12.1 Å². The first-order chi connectivity index (χ1) is 7.20. The Labute approximate surface area is 92.5 Å². The van der Waals surface area contributed by atoms with Gasteiger partial charge in [0.15, 0.2) is 0 Å². The molecule has 0 spiro atoms. The van der Waals surface area contributed by atoms with Gasteiger partial charge in [0.2, 0.25) is 0 Å². The molecule has 0 atom stereocenters. The molecule has 0 saturated carbocycles. The molecule has 78 valence electrons. The van der Waals surface area contributed by atoms with E-state index in [2.05, 4.69) is 4.98 Å². The summed E-state index contributed by atoms with van der Waals surface area (Å²) in [5, 5.41) is 2.76. The van der Waals surface area contributed by atoms with E-state index >= 15 is 0 Å². The second kappa shape index (κ2) is 3.90. The summed E-state index contributed by atoms with van der Waals surface area (Å²) in [7, 11) is 1.67. The summed E-state index contributed by atoms with van der Waals surface area (Å²) >= 11 is 1.54. The minimum Gasteiger partial charge on any atom is -0.496 e. The molecule has 1 aromatic heterocycles.